The highest BCUT2D eigenvalue weighted by atomic mass is 19.2. The maximum absolute atomic E-state index is 13.7. The lowest BCUT2D eigenvalue weighted by Gasteiger charge is -2.34. The van der Waals surface area contributed by atoms with E-state index >= 15 is 0 Å². The van der Waals surface area contributed by atoms with Crippen molar-refractivity contribution in [1.29, 1.82) is 0 Å². The molecule has 25 heavy (non-hydrogen) atoms. The van der Waals surface area contributed by atoms with E-state index in [2.05, 4.69) is 10.2 Å². The van der Waals surface area contributed by atoms with Crippen LogP contribution in [0.2, 0.25) is 0 Å². The number of carbonyl (C=O) groups excluding carboxylic acids is 1. The number of nitrogens with zero attached hydrogens (tertiary/aromatic N) is 4. The number of aromatic nitrogens is 2. The summed E-state index contributed by atoms with van der Waals surface area (Å²) in [6, 6.07) is 4.03. The standard InChI is InChI=1S/C15H15F2N5O3/c16-11-3-1-2-10(13(11)17)9-20-4-6-21(7-5-20)15(23)14-12(22(24)25)8-18-19-14/h1-3,8H,4-7,9H2,(H,18,19). The fourth-order valence-corrected chi connectivity index (χ4v) is 2.75. The van der Waals surface area contributed by atoms with Crippen LogP contribution in [-0.2, 0) is 6.54 Å². The summed E-state index contributed by atoms with van der Waals surface area (Å²) in [5.74, 6) is -2.26. The fraction of sp³-hybridized carbons (Fsp3) is 0.333. The first-order chi connectivity index (χ1) is 12.0. The third-order valence-electron chi connectivity index (χ3n) is 4.11. The maximum Gasteiger partial charge on any atom is 0.319 e. The van der Waals surface area contributed by atoms with Crippen LogP contribution in [0.3, 0.4) is 0 Å². The molecule has 1 aliphatic rings. The summed E-state index contributed by atoms with van der Waals surface area (Å²) in [4.78, 5) is 26.0. The van der Waals surface area contributed by atoms with Gasteiger partial charge in [0, 0.05) is 38.3 Å². The zero-order chi connectivity index (χ0) is 18.0. The Morgan fingerprint density at radius 3 is 2.68 bits per heavy atom. The SMILES string of the molecule is O=C(c1[nH]ncc1[N+](=O)[O-])N1CCN(Cc2cccc(F)c2F)CC1. The van der Waals surface area contributed by atoms with Crippen LogP contribution in [0.1, 0.15) is 16.1 Å². The number of piperazine rings is 1. The Labute approximate surface area is 141 Å². The smallest absolute Gasteiger partial charge is 0.319 e. The third-order valence-corrected chi connectivity index (χ3v) is 4.11. The number of aromatic amines is 1. The Kier molecular flexibility index (Phi) is 4.70. The van der Waals surface area contributed by atoms with Crippen molar-refractivity contribution >= 4 is 11.6 Å². The number of halogens is 2. The van der Waals surface area contributed by atoms with E-state index in [0.717, 1.165) is 12.3 Å². The van der Waals surface area contributed by atoms with Gasteiger partial charge in [-0.3, -0.25) is 24.9 Å². The molecule has 1 amide bonds. The second-order valence-electron chi connectivity index (χ2n) is 5.67. The van der Waals surface area contributed by atoms with Gasteiger partial charge in [-0.25, -0.2) is 8.78 Å². The lowest BCUT2D eigenvalue weighted by molar-refractivity contribution is -0.385. The van der Waals surface area contributed by atoms with Crippen LogP contribution < -0.4 is 0 Å². The minimum absolute atomic E-state index is 0.158. The summed E-state index contributed by atoms with van der Waals surface area (Å²) < 4.78 is 27.0. The molecule has 0 unspecified atom stereocenters. The van der Waals surface area contributed by atoms with E-state index in [0.29, 0.717) is 26.2 Å². The Morgan fingerprint density at radius 1 is 1.28 bits per heavy atom. The van der Waals surface area contributed by atoms with Crippen molar-refractivity contribution in [3.8, 4) is 0 Å². The van der Waals surface area contributed by atoms with E-state index in [1.807, 2.05) is 4.90 Å². The van der Waals surface area contributed by atoms with Crippen molar-refractivity contribution in [2.75, 3.05) is 26.2 Å². The molecule has 0 spiro atoms. The van der Waals surface area contributed by atoms with E-state index in [9.17, 15) is 23.7 Å². The first kappa shape index (κ1) is 17.0. The molecule has 1 aliphatic heterocycles. The number of amides is 1. The summed E-state index contributed by atoms with van der Waals surface area (Å²) in [6.45, 7) is 1.78. The maximum atomic E-state index is 13.7. The molecule has 1 saturated heterocycles. The Hall–Kier alpha value is -2.88. The molecular formula is C15H15F2N5O3. The number of nitro groups is 1. The third kappa shape index (κ3) is 3.48. The van der Waals surface area contributed by atoms with Crippen LogP contribution in [-0.4, -0.2) is 57.0 Å². The van der Waals surface area contributed by atoms with E-state index in [1.165, 1.54) is 17.0 Å². The zero-order valence-corrected chi connectivity index (χ0v) is 13.1. The Bertz CT molecular complexity index is 802. The number of hydrogen-bond acceptors (Lipinski definition) is 5. The summed E-state index contributed by atoms with van der Waals surface area (Å²) in [5.41, 5.74) is -0.270. The monoisotopic (exact) mass is 351 g/mol. The molecule has 1 aromatic carbocycles. The van der Waals surface area contributed by atoms with Gasteiger partial charge >= 0.3 is 5.69 Å². The van der Waals surface area contributed by atoms with Crippen LogP contribution in [0.15, 0.2) is 24.4 Å². The molecular weight excluding hydrogens is 336 g/mol. The van der Waals surface area contributed by atoms with Crippen LogP contribution in [0.25, 0.3) is 0 Å². The van der Waals surface area contributed by atoms with Crippen LogP contribution in [0, 0.1) is 21.7 Å². The zero-order valence-electron chi connectivity index (χ0n) is 13.1. The predicted octanol–water partition coefficient (Wildman–Crippen LogP) is 1.55. The Balaban J connectivity index is 1.62. The molecule has 1 aromatic heterocycles. The fourth-order valence-electron chi connectivity index (χ4n) is 2.75. The molecule has 0 atom stereocenters. The second-order valence-corrected chi connectivity index (χ2v) is 5.67. The highest BCUT2D eigenvalue weighted by molar-refractivity contribution is 5.96. The molecule has 0 saturated carbocycles. The van der Waals surface area contributed by atoms with Crippen molar-refractivity contribution in [3.63, 3.8) is 0 Å². The highest BCUT2D eigenvalue weighted by Crippen LogP contribution is 2.19. The topological polar surface area (TPSA) is 95.4 Å². The minimum Gasteiger partial charge on any atom is -0.335 e. The van der Waals surface area contributed by atoms with Gasteiger partial charge in [0.1, 0.15) is 6.20 Å². The predicted molar refractivity (Wildman–Crippen MR) is 82.8 cm³/mol. The van der Waals surface area contributed by atoms with Crippen LogP contribution in [0.5, 0.6) is 0 Å². The molecule has 8 nitrogen and oxygen atoms in total. The first-order valence-corrected chi connectivity index (χ1v) is 7.59. The first-order valence-electron chi connectivity index (χ1n) is 7.59. The molecule has 3 rings (SSSR count). The molecule has 10 heteroatoms. The summed E-state index contributed by atoms with van der Waals surface area (Å²) in [6.07, 6.45) is 0.996. The summed E-state index contributed by atoms with van der Waals surface area (Å²) >= 11 is 0. The summed E-state index contributed by atoms with van der Waals surface area (Å²) in [7, 11) is 0. The van der Waals surface area contributed by atoms with Gasteiger partial charge in [-0.1, -0.05) is 12.1 Å². The number of H-pyrrole nitrogens is 1. The van der Waals surface area contributed by atoms with E-state index in [-0.39, 0.29) is 23.5 Å². The second kappa shape index (κ2) is 6.93. The average Bonchev–Trinajstić information content (AvgIpc) is 3.09. The highest BCUT2D eigenvalue weighted by Gasteiger charge is 2.29. The van der Waals surface area contributed by atoms with Crippen molar-refractivity contribution in [3.05, 3.63) is 57.4 Å². The van der Waals surface area contributed by atoms with Crippen LogP contribution >= 0.6 is 0 Å². The molecule has 2 heterocycles. The van der Waals surface area contributed by atoms with Gasteiger partial charge in [-0.2, -0.15) is 5.10 Å². The van der Waals surface area contributed by atoms with Gasteiger partial charge in [0.25, 0.3) is 5.91 Å². The number of benzene rings is 1. The average molecular weight is 351 g/mol. The molecule has 2 aromatic rings. The quantitative estimate of drug-likeness (QED) is 0.666. The lowest BCUT2D eigenvalue weighted by Crippen LogP contribution is -2.48. The Morgan fingerprint density at radius 2 is 2.00 bits per heavy atom. The van der Waals surface area contributed by atoms with Gasteiger partial charge in [0.05, 0.1) is 4.92 Å². The van der Waals surface area contributed by atoms with Crippen molar-refractivity contribution < 1.29 is 18.5 Å². The normalized spacial score (nSPS) is 15.4. The summed E-state index contributed by atoms with van der Waals surface area (Å²) in [5, 5.41) is 16.8. The largest absolute Gasteiger partial charge is 0.335 e. The van der Waals surface area contributed by atoms with Gasteiger partial charge < -0.3 is 4.90 Å². The molecule has 1 fully saturated rings. The number of hydrogen-bond donors (Lipinski definition) is 1. The molecule has 0 aliphatic carbocycles. The molecule has 0 radical (unpaired) electrons. The van der Waals surface area contributed by atoms with Crippen LogP contribution in [0.4, 0.5) is 14.5 Å². The number of carbonyl (C=O) groups is 1. The van der Waals surface area contributed by atoms with Crippen molar-refractivity contribution in [2.45, 2.75) is 6.54 Å². The van der Waals surface area contributed by atoms with Gasteiger partial charge in [-0.05, 0) is 6.07 Å². The number of nitrogens with one attached hydrogen (secondary N) is 1. The molecule has 1 N–H and O–H groups in total. The van der Waals surface area contributed by atoms with E-state index in [1.54, 1.807) is 0 Å². The van der Waals surface area contributed by atoms with Crippen molar-refractivity contribution in [1.82, 2.24) is 20.0 Å². The molecule has 132 valence electrons. The van der Waals surface area contributed by atoms with Gasteiger partial charge in [0.2, 0.25) is 5.69 Å². The molecule has 0 bridgehead atoms. The van der Waals surface area contributed by atoms with E-state index < -0.39 is 22.5 Å². The minimum atomic E-state index is -0.891. The number of rotatable bonds is 4. The lowest BCUT2D eigenvalue weighted by atomic mass is 10.1. The van der Waals surface area contributed by atoms with Crippen molar-refractivity contribution in [2.24, 2.45) is 0 Å². The van der Waals surface area contributed by atoms with Gasteiger partial charge in [0.15, 0.2) is 11.6 Å². The van der Waals surface area contributed by atoms with E-state index in [4.69, 9.17) is 0 Å². The van der Waals surface area contributed by atoms with Gasteiger partial charge in [-0.15, -0.1) is 0 Å².